The quantitative estimate of drug-likeness (QED) is 0.511. The lowest BCUT2D eigenvalue weighted by molar-refractivity contribution is -0.127. The topological polar surface area (TPSA) is 71.2 Å². The normalized spacial score (nSPS) is 29.5. The van der Waals surface area contributed by atoms with Crippen LogP contribution in [0.1, 0.15) is 55.0 Å². The highest BCUT2D eigenvalue weighted by atomic mass is 32.1. The van der Waals surface area contributed by atoms with Gasteiger partial charge < -0.3 is 11.1 Å². The highest BCUT2D eigenvalue weighted by Gasteiger charge is 2.51. The Kier molecular flexibility index (Phi) is 5.97. The van der Waals surface area contributed by atoms with Crippen molar-refractivity contribution in [1.29, 1.82) is 0 Å². The number of benzene rings is 2. The van der Waals surface area contributed by atoms with E-state index in [4.69, 9.17) is 5.73 Å². The van der Waals surface area contributed by atoms with Gasteiger partial charge in [-0.1, -0.05) is 73.7 Å². The lowest BCUT2D eigenvalue weighted by Gasteiger charge is -2.46. The van der Waals surface area contributed by atoms with Crippen molar-refractivity contribution >= 4 is 28.5 Å². The number of allylic oxidation sites excluding steroid dienone is 1. The highest BCUT2D eigenvalue weighted by molar-refractivity contribution is 7.13. The minimum absolute atomic E-state index is 0.0772. The molecule has 0 radical (unpaired) electrons. The van der Waals surface area contributed by atoms with Crippen LogP contribution in [0.4, 0.5) is 5.13 Å². The van der Waals surface area contributed by atoms with E-state index in [9.17, 15) is 4.79 Å². The van der Waals surface area contributed by atoms with E-state index in [1.807, 2.05) is 35.7 Å². The van der Waals surface area contributed by atoms with E-state index in [2.05, 4.69) is 58.5 Å². The summed E-state index contributed by atoms with van der Waals surface area (Å²) in [4.78, 5) is 21.0. The van der Waals surface area contributed by atoms with Crippen LogP contribution in [0.2, 0.25) is 0 Å². The van der Waals surface area contributed by atoms with Crippen molar-refractivity contribution in [3.63, 3.8) is 0 Å². The number of nitrogens with two attached hydrogens (primary N) is 1. The van der Waals surface area contributed by atoms with Crippen molar-refractivity contribution in [3.8, 4) is 0 Å². The molecule has 5 nitrogen and oxygen atoms in total. The summed E-state index contributed by atoms with van der Waals surface area (Å²) in [5.74, 6) is 0.594. The Morgan fingerprint density at radius 1 is 1.17 bits per heavy atom. The fourth-order valence-electron chi connectivity index (χ4n) is 6.90. The van der Waals surface area contributed by atoms with Crippen LogP contribution in [0.15, 0.2) is 66.1 Å². The number of nitrogen functional groups attached to an aromatic ring is 1. The molecule has 4 atom stereocenters. The molecule has 1 aromatic heterocycles. The van der Waals surface area contributed by atoms with Gasteiger partial charge in [0.05, 0.1) is 11.1 Å². The number of aromatic nitrogens is 1. The van der Waals surface area contributed by atoms with Gasteiger partial charge in [-0.15, -0.1) is 11.3 Å². The van der Waals surface area contributed by atoms with Gasteiger partial charge in [0, 0.05) is 29.9 Å². The second-order valence-electron chi connectivity index (χ2n) is 10.8. The van der Waals surface area contributed by atoms with Crippen LogP contribution in [0.25, 0.3) is 6.08 Å². The molecule has 4 unspecified atom stereocenters. The predicted molar refractivity (Wildman–Crippen MR) is 147 cm³/mol. The molecule has 2 aliphatic carbocycles. The molecular formula is C30H34N4OS. The van der Waals surface area contributed by atoms with Crippen LogP contribution in [0, 0.1) is 5.92 Å². The van der Waals surface area contributed by atoms with E-state index in [1.165, 1.54) is 22.5 Å². The Hall–Kier alpha value is -2.96. The summed E-state index contributed by atoms with van der Waals surface area (Å²) in [5.41, 5.74) is 10.3. The number of nitrogens with zero attached hydrogens (tertiary/aromatic N) is 2. The summed E-state index contributed by atoms with van der Waals surface area (Å²) >= 11 is 1.43. The highest BCUT2D eigenvalue weighted by Crippen LogP contribution is 2.49. The van der Waals surface area contributed by atoms with Gasteiger partial charge in [0.15, 0.2) is 5.13 Å². The predicted octanol–water partition coefficient (Wildman–Crippen LogP) is 5.14. The molecule has 1 spiro atoms. The summed E-state index contributed by atoms with van der Waals surface area (Å²) in [6, 6.07) is 19.3. The molecule has 3 aromatic rings. The summed E-state index contributed by atoms with van der Waals surface area (Å²) in [6.07, 6.45) is 8.49. The number of nitrogens with one attached hydrogen (secondary N) is 1. The van der Waals surface area contributed by atoms with Crippen LogP contribution in [-0.2, 0) is 22.2 Å². The number of carbonyl (C=O) groups is 1. The second-order valence-corrected chi connectivity index (χ2v) is 11.7. The largest absolute Gasteiger partial charge is 0.375 e. The Balaban J connectivity index is 1.20. The maximum atomic E-state index is 13.8. The van der Waals surface area contributed by atoms with Crippen LogP contribution >= 0.6 is 11.3 Å². The maximum absolute atomic E-state index is 13.8. The van der Waals surface area contributed by atoms with Gasteiger partial charge >= 0.3 is 0 Å². The molecule has 0 bridgehead atoms. The van der Waals surface area contributed by atoms with E-state index >= 15 is 0 Å². The number of hydrogen-bond donors (Lipinski definition) is 2. The molecule has 6 rings (SSSR count). The van der Waals surface area contributed by atoms with Crippen molar-refractivity contribution in [2.45, 2.75) is 56.0 Å². The molecule has 36 heavy (non-hydrogen) atoms. The number of amides is 1. The molecular weight excluding hydrogens is 464 g/mol. The van der Waals surface area contributed by atoms with Crippen molar-refractivity contribution in [3.05, 3.63) is 88.4 Å². The van der Waals surface area contributed by atoms with Gasteiger partial charge in [0.2, 0.25) is 5.91 Å². The Morgan fingerprint density at radius 3 is 2.75 bits per heavy atom. The lowest BCUT2D eigenvalue weighted by Crippen LogP contribution is -2.51. The SMILES string of the molecule is CC1CN(C2CCC(C(=O)NCc3ccccc3)(c3csc(N)n3)C2)CCC12C=Cc1ccccc12. The zero-order valence-electron chi connectivity index (χ0n) is 20.8. The first-order valence-corrected chi connectivity index (χ1v) is 13.9. The summed E-state index contributed by atoms with van der Waals surface area (Å²) in [5, 5.41) is 5.75. The van der Waals surface area contributed by atoms with E-state index in [-0.39, 0.29) is 11.3 Å². The molecule has 2 fully saturated rings. The number of anilines is 1. The smallest absolute Gasteiger partial charge is 0.232 e. The Morgan fingerprint density at radius 2 is 1.97 bits per heavy atom. The summed E-state index contributed by atoms with van der Waals surface area (Å²) in [7, 11) is 0. The number of rotatable bonds is 5. The van der Waals surface area contributed by atoms with Gasteiger partial charge in [0.1, 0.15) is 0 Å². The van der Waals surface area contributed by atoms with Crippen LogP contribution in [0.5, 0.6) is 0 Å². The third kappa shape index (κ3) is 3.87. The van der Waals surface area contributed by atoms with E-state index in [0.717, 1.165) is 50.0 Å². The van der Waals surface area contributed by atoms with Crippen LogP contribution < -0.4 is 11.1 Å². The number of carbonyl (C=O) groups excluding carboxylic acids is 1. The minimum Gasteiger partial charge on any atom is -0.375 e. The van der Waals surface area contributed by atoms with E-state index < -0.39 is 5.41 Å². The lowest BCUT2D eigenvalue weighted by atomic mass is 9.67. The average Bonchev–Trinajstić information content (AvgIpc) is 3.64. The van der Waals surface area contributed by atoms with Gasteiger partial charge in [-0.05, 0) is 54.8 Å². The van der Waals surface area contributed by atoms with Crippen molar-refractivity contribution in [2.24, 2.45) is 5.92 Å². The number of hydrogen-bond acceptors (Lipinski definition) is 5. The molecule has 3 N–H and O–H groups in total. The van der Waals surface area contributed by atoms with Crippen molar-refractivity contribution < 1.29 is 4.79 Å². The first kappa shape index (κ1) is 23.4. The standard InChI is InChI=1S/C30H34N4OS/c1-21-19-34(16-15-29(21)13-11-23-9-5-6-10-25(23)29)24-12-14-30(17-24,26-20-36-28(31)33-26)27(35)32-18-22-7-3-2-4-8-22/h2-11,13,20-21,24H,12,14-19H2,1H3,(H2,31,33)(H,32,35). The minimum atomic E-state index is -0.619. The molecule has 3 aliphatic rings. The molecule has 1 saturated heterocycles. The van der Waals surface area contributed by atoms with Crippen LogP contribution in [0.3, 0.4) is 0 Å². The van der Waals surface area contributed by atoms with Crippen LogP contribution in [-0.4, -0.2) is 34.9 Å². The van der Waals surface area contributed by atoms with Gasteiger partial charge in [-0.2, -0.15) is 0 Å². The number of likely N-dealkylation sites (tertiary alicyclic amines) is 1. The van der Waals surface area contributed by atoms with Crippen molar-refractivity contribution in [1.82, 2.24) is 15.2 Å². The maximum Gasteiger partial charge on any atom is 0.232 e. The molecule has 6 heteroatoms. The van der Waals surface area contributed by atoms with E-state index in [1.54, 1.807) is 0 Å². The monoisotopic (exact) mass is 498 g/mol. The summed E-state index contributed by atoms with van der Waals surface area (Å²) < 4.78 is 0. The third-order valence-electron chi connectivity index (χ3n) is 8.97. The number of fused-ring (bicyclic) bond motifs is 2. The molecule has 1 amide bonds. The summed E-state index contributed by atoms with van der Waals surface area (Å²) in [6.45, 7) is 5.02. The van der Waals surface area contributed by atoms with Crippen molar-refractivity contribution in [2.75, 3.05) is 18.8 Å². The fraction of sp³-hybridized carbons (Fsp3) is 0.400. The molecule has 1 aliphatic heterocycles. The van der Waals surface area contributed by atoms with Gasteiger partial charge in [0.25, 0.3) is 0 Å². The van der Waals surface area contributed by atoms with Gasteiger partial charge in [-0.25, -0.2) is 4.98 Å². The zero-order valence-corrected chi connectivity index (χ0v) is 21.6. The first-order chi connectivity index (χ1) is 17.5. The average molecular weight is 499 g/mol. The molecule has 1 saturated carbocycles. The molecule has 2 heterocycles. The zero-order chi connectivity index (χ0) is 24.8. The van der Waals surface area contributed by atoms with E-state index in [0.29, 0.717) is 23.6 Å². The second kappa shape index (κ2) is 9.16. The first-order valence-electron chi connectivity index (χ1n) is 13.1. The Bertz CT molecular complexity index is 1290. The molecule has 2 aromatic carbocycles. The third-order valence-corrected chi connectivity index (χ3v) is 9.64. The Labute approximate surface area is 217 Å². The number of thiazole rings is 1. The molecule has 186 valence electrons. The fourth-order valence-corrected chi connectivity index (χ4v) is 7.56. The number of piperidine rings is 1. The van der Waals surface area contributed by atoms with Gasteiger partial charge in [-0.3, -0.25) is 9.69 Å².